The van der Waals surface area contributed by atoms with Crippen molar-refractivity contribution in [3.63, 3.8) is 0 Å². The Labute approximate surface area is 175 Å². The number of nitrogens with zero attached hydrogens (tertiary/aromatic N) is 1. The zero-order chi connectivity index (χ0) is 20.9. The van der Waals surface area contributed by atoms with Crippen molar-refractivity contribution in [3.8, 4) is 11.5 Å². The number of amides is 1. The van der Waals surface area contributed by atoms with Gasteiger partial charge >= 0.3 is 0 Å². The zero-order valence-corrected chi connectivity index (χ0v) is 17.8. The number of hydrogen-bond donors (Lipinski definition) is 2. The Morgan fingerprint density at radius 3 is 2.52 bits per heavy atom. The number of carbonyl (C=O) groups excluding carboxylic acids is 1. The molecular weight excluding hydrogens is 412 g/mol. The van der Waals surface area contributed by atoms with Crippen molar-refractivity contribution < 1.29 is 23.1 Å². The molecule has 0 bridgehead atoms. The Bertz CT molecular complexity index is 955. The first kappa shape index (κ1) is 21.5. The van der Waals surface area contributed by atoms with Crippen LogP contribution in [0.4, 0.5) is 5.69 Å². The number of ether oxygens (including phenoxy) is 1. The molecule has 156 valence electrons. The Morgan fingerprint density at radius 1 is 1.17 bits per heavy atom. The Morgan fingerprint density at radius 2 is 1.86 bits per heavy atom. The van der Waals surface area contributed by atoms with E-state index in [1.807, 2.05) is 31.2 Å². The fraction of sp³-hybridized carbons (Fsp3) is 0.350. The van der Waals surface area contributed by atoms with Gasteiger partial charge in [0.2, 0.25) is 15.9 Å². The average molecular weight is 437 g/mol. The minimum Gasteiger partial charge on any atom is -0.506 e. The van der Waals surface area contributed by atoms with Gasteiger partial charge in [0, 0.05) is 18.0 Å². The molecule has 3 rings (SSSR count). The third kappa shape index (κ3) is 5.43. The first-order valence-corrected chi connectivity index (χ1v) is 11.8. The lowest BCUT2D eigenvalue weighted by molar-refractivity contribution is -0.113. The van der Waals surface area contributed by atoms with Crippen LogP contribution in [-0.2, 0) is 14.8 Å². The quantitative estimate of drug-likeness (QED) is 0.487. The SMILES string of the molecule is CCOc1ccc(SCC(=O)Nc2cc(S(=O)(=O)N3CCCC3)ccc2O)cc1. The van der Waals surface area contributed by atoms with E-state index < -0.39 is 10.0 Å². The fourth-order valence-corrected chi connectivity index (χ4v) is 5.23. The lowest BCUT2D eigenvalue weighted by Gasteiger charge is -2.16. The fourth-order valence-electron chi connectivity index (χ4n) is 2.99. The first-order chi connectivity index (χ1) is 13.9. The lowest BCUT2D eigenvalue weighted by atomic mass is 10.3. The second-order valence-electron chi connectivity index (χ2n) is 6.53. The molecule has 1 heterocycles. The van der Waals surface area contributed by atoms with Crippen LogP contribution in [0.5, 0.6) is 11.5 Å². The van der Waals surface area contributed by atoms with Gasteiger partial charge in [-0.05, 0) is 62.2 Å². The van der Waals surface area contributed by atoms with E-state index >= 15 is 0 Å². The number of anilines is 1. The minimum absolute atomic E-state index is 0.0617. The van der Waals surface area contributed by atoms with Gasteiger partial charge in [0.05, 0.1) is 22.9 Å². The number of thioether (sulfide) groups is 1. The van der Waals surface area contributed by atoms with E-state index in [1.54, 1.807) is 0 Å². The molecule has 2 N–H and O–H groups in total. The van der Waals surface area contributed by atoms with Crippen LogP contribution in [-0.4, -0.2) is 49.2 Å². The van der Waals surface area contributed by atoms with Crippen molar-refractivity contribution in [2.75, 3.05) is 30.8 Å². The number of phenols is 1. The van der Waals surface area contributed by atoms with Crippen LogP contribution >= 0.6 is 11.8 Å². The van der Waals surface area contributed by atoms with Crippen LogP contribution in [0.25, 0.3) is 0 Å². The van der Waals surface area contributed by atoms with Crippen LogP contribution in [0.3, 0.4) is 0 Å². The first-order valence-electron chi connectivity index (χ1n) is 9.39. The van der Waals surface area contributed by atoms with E-state index in [9.17, 15) is 18.3 Å². The van der Waals surface area contributed by atoms with Gasteiger partial charge in [-0.3, -0.25) is 4.79 Å². The Balaban J connectivity index is 1.63. The number of rotatable bonds is 8. The summed E-state index contributed by atoms with van der Waals surface area (Å²) in [6, 6.07) is 11.4. The van der Waals surface area contributed by atoms with Crippen molar-refractivity contribution >= 4 is 33.4 Å². The summed E-state index contributed by atoms with van der Waals surface area (Å²) in [6.45, 7) is 3.48. The van der Waals surface area contributed by atoms with Crippen molar-refractivity contribution in [1.82, 2.24) is 4.31 Å². The van der Waals surface area contributed by atoms with E-state index in [2.05, 4.69) is 5.32 Å². The standard InChI is InChI=1S/C20H24N2O5S2/c1-2-27-15-5-7-16(8-6-15)28-14-20(24)21-18-13-17(9-10-19(18)23)29(25,26)22-11-3-4-12-22/h5-10,13,23H,2-4,11-12,14H2,1H3,(H,21,24). The number of benzene rings is 2. The van der Waals surface area contributed by atoms with E-state index in [1.165, 1.54) is 34.3 Å². The van der Waals surface area contributed by atoms with Crippen LogP contribution in [0.1, 0.15) is 19.8 Å². The molecule has 9 heteroatoms. The highest BCUT2D eigenvalue weighted by atomic mass is 32.2. The second-order valence-corrected chi connectivity index (χ2v) is 9.52. The van der Waals surface area contributed by atoms with E-state index in [0.29, 0.717) is 19.7 Å². The zero-order valence-electron chi connectivity index (χ0n) is 16.1. The summed E-state index contributed by atoms with van der Waals surface area (Å²) in [4.78, 5) is 13.3. The van der Waals surface area contributed by atoms with Crippen LogP contribution < -0.4 is 10.1 Å². The summed E-state index contributed by atoms with van der Waals surface area (Å²) in [7, 11) is -3.62. The molecular formula is C20H24N2O5S2. The third-order valence-corrected chi connectivity index (χ3v) is 7.36. The van der Waals surface area contributed by atoms with Crippen LogP contribution in [0, 0.1) is 0 Å². The highest BCUT2D eigenvalue weighted by Crippen LogP contribution is 2.30. The number of hydrogen-bond acceptors (Lipinski definition) is 6. The number of aromatic hydroxyl groups is 1. The summed E-state index contributed by atoms with van der Waals surface area (Å²) in [6.07, 6.45) is 1.67. The summed E-state index contributed by atoms with van der Waals surface area (Å²) in [5.41, 5.74) is 0.0857. The van der Waals surface area contributed by atoms with Gasteiger partial charge < -0.3 is 15.2 Å². The number of carbonyl (C=O) groups is 1. The molecule has 1 saturated heterocycles. The molecule has 29 heavy (non-hydrogen) atoms. The average Bonchev–Trinajstić information content (AvgIpc) is 3.25. The van der Waals surface area contributed by atoms with Gasteiger partial charge in [0.15, 0.2) is 0 Å². The molecule has 1 aliphatic heterocycles. The molecule has 0 saturated carbocycles. The van der Waals surface area contributed by atoms with Gasteiger partial charge in [-0.15, -0.1) is 11.8 Å². The normalized spacial score (nSPS) is 14.7. The molecule has 7 nitrogen and oxygen atoms in total. The molecule has 0 aliphatic carbocycles. The summed E-state index contributed by atoms with van der Waals surface area (Å²) >= 11 is 1.33. The van der Waals surface area contributed by atoms with Crippen molar-refractivity contribution in [2.45, 2.75) is 29.6 Å². The Hall–Kier alpha value is -2.23. The van der Waals surface area contributed by atoms with Gasteiger partial charge in [-0.25, -0.2) is 8.42 Å². The van der Waals surface area contributed by atoms with Gasteiger partial charge in [-0.1, -0.05) is 0 Å². The summed E-state index contributed by atoms with van der Waals surface area (Å²) < 4.78 is 32.2. The predicted octanol–water partition coefficient (Wildman–Crippen LogP) is 3.31. The number of nitrogens with one attached hydrogen (secondary N) is 1. The second kappa shape index (κ2) is 9.51. The smallest absolute Gasteiger partial charge is 0.243 e. The van der Waals surface area contributed by atoms with Crippen molar-refractivity contribution in [2.24, 2.45) is 0 Å². The molecule has 0 spiro atoms. The maximum Gasteiger partial charge on any atom is 0.243 e. The number of sulfonamides is 1. The molecule has 0 aromatic heterocycles. The predicted molar refractivity (Wildman–Crippen MR) is 113 cm³/mol. The molecule has 2 aromatic carbocycles. The molecule has 1 amide bonds. The molecule has 0 radical (unpaired) electrons. The monoisotopic (exact) mass is 436 g/mol. The van der Waals surface area contributed by atoms with Crippen molar-refractivity contribution in [1.29, 1.82) is 0 Å². The van der Waals surface area contributed by atoms with E-state index in [4.69, 9.17) is 4.74 Å². The lowest BCUT2D eigenvalue weighted by Crippen LogP contribution is -2.28. The summed E-state index contributed by atoms with van der Waals surface area (Å²) in [5, 5.41) is 12.6. The van der Waals surface area contributed by atoms with Crippen LogP contribution in [0.2, 0.25) is 0 Å². The maximum atomic E-state index is 12.7. The maximum absolute atomic E-state index is 12.7. The molecule has 0 unspecified atom stereocenters. The highest BCUT2D eigenvalue weighted by molar-refractivity contribution is 8.00. The van der Waals surface area contributed by atoms with Gasteiger partial charge in [0.1, 0.15) is 11.5 Å². The highest BCUT2D eigenvalue weighted by Gasteiger charge is 2.27. The topological polar surface area (TPSA) is 95.9 Å². The van der Waals surface area contributed by atoms with E-state index in [-0.39, 0.29) is 28.0 Å². The summed E-state index contributed by atoms with van der Waals surface area (Å²) in [5.74, 6) is 0.373. The molecule has 0 atom stereocenters. The van der Waals surface area contributed by atoms with Gasteiger partial charge in [-0.2, -0.15) is 4.31 Å². The third-order valence-electron chi connectivity index (χ3n) is 4.45. The Kier molecular flexibility index (Phi) is 7.05. The number of phenolic OH excluding ortho intramolecular Hbond substituents is 1. The molecule has 2 aromatic rings. The minimum atomic E-state index is -3.62. The van der Waals surface area contributed by atoms with Crippen molar-refractivity contribution in [3.05, 3.63) is 42.5 Å². The molecule has 1 aliphatic rings. The molecule has 1 fully saturated rings. The van der Waals surface area contributed by atoms with E-state index in [0.717, 1.165) is 23.5 Å². The largest absolute Gasteiger partial charge is 0.506 e. The van der Waals surface area contributed by atoms with Crippen LogP contribution in [0.15, 0.2) is 52.3 Å². The van der Waals surface area contributed by atoms with Gasteiger partial charge in [0.25, 0.3) is 0 Å².